The van der Waals surface area contributed by atoms with E-state index in [1.165, 1.54) is 4.90 Å². The first kappa shape index (κ1) is 19.5. The van der Waals surface area contributed by atoms with Gasteiger partial charge >= 0.3 is 0 Å². The van der Waals surface area contributed by atoms with Gasteiger partial charge in [0.15, 0.2) is 9.34 Å². The predicted octanol–water partition coefficient (Wildman–Crippen LogP) is 3.11. The first-order chi connectivity index (χ1) is 12.8. The Morgan fingerprint density at radius 3 is 2.59 bits per heavy atom. The molecule has 1 heterocycles. The average molecular weight is 404 g/mol. The second kappa shape index (κ2) is 7.75. The zero-order chi connectivity index (χ0) is 19.6. The number of sulfonamides is 1. The average Bonchev–Trinajstić information content (AvgIpc) is 3.04. The lowest BCUT2D eigenvalue weighted by Gasteiger charge is -2.19. The minimum atomic E-state index is -3.83. The summed E-state index contributed by atoms with van der Waals surface area (Å²) >= 11 is 0.914. The maximum Gasteiger partial charge on any atom is 0.249 e. The Kier molecular flexibility index (Phi) is 5.59. The summed E-state index contributed by atoms with van der Waals surface area (Å²) in [6, 6.07) is 10.1. The number of allylic oxidation sites excluding steroid dienone is 4. The third-order valence-corrected chi connectivity index (χ3v) is 7.18. The van der Waals surface area contributed by atoms with Crippen molar-refractivity contribution in [1.82, 2.24) is 4.98 Å². The van der Waals surface area contributed by atoms with Crippen molar-refractivity contribution in [2.45, 2.75) is 24.0 Å². The molecule has 142 valence electrons. The van der Waals surface area contributed by atoms with Gasteiger partial charge in [-0.05, 0) is 30.4 Å². The van der Waals surface area contributed by atoms with Crippen molar-refractivity contribution in [1.29, 1.82) is 0 Å². The van der Waals surface area contributed by atoms with E-state index in [1.54, 1.807) is 14.0 Å². The zero-order valence-corrected chi connectivity index (χ0v) is 16.8. The van der Waals surface area contributed by atoms with Crippen molar-refractivity contribution < 1.29 is 13.2 Å². The first-order valence-electron chi connectivity index (χ1n) is 8.46. The summed E-state index contributed by atoms with van der Waals surface area (Å²) in [6.45, 7) is 1.57. The summed E-state index contributed by atoms with van der Waals surface area (Å²) < 4.78 is 23.1. The van der Waals surface area contributed by atoms with E-state index in [0.29, 0.717) is 17.2 Å². The number of nitrogens with two attached hydrogens (primary N) is 1. The van der Waals surface area contributed by atoms with Gasteiger partial charge < -0.3 is 0 Å². The molecule has 0 aliphatic heterocycles. The van der Waals surface area contributed by atoms with E-state index in [4.69, 9.17) is 5.14 Å². The molecule has 0 radical (unpaired) electrons. The van der Waals surface area contributed by atoms with Crippen LogP contribution in [0.3, 0.4) is 0 Å². The standard InChI is InChI=1S/C19H21N3O3S2/c1-13-18(27(20,24)25)26-19(21-13)22(2)17(23)12-14-8-10-16(11-9-14)15-6-4-3-5-7-15/h3-8,10-11,14H,9,12H2,1-2H3,(H2,20,24,25). The molecule has 0 saturated heterocycles. The number of nitrogens with zero attached hydrogens (tertiary/aromatic N) is 2. The van der Waals surface area contributed by atoms with Crippen LogP contribution in [0.25, 0.3) is 5.57 Å². The van der Waals surface area contributed by atoms with Crippen LogP contribution in [0.1, 0.15) is 24.1 Å². The van der Waals surface area contributed by atoms with E-state index in [2.05, 4.69) is 29.3 Å². The van der Waals surface area contributed by atoms with Crippen LogP contribution in [0, 0.1) is 12.8 Å². The number of anilines is 1. The molecule has 1 aromatic heterocycles. The lowest BCUT2D eigenvalue weighted by Crippen LogP contribution is -2.27. The second-order valence-corrected chi connectivity index (χ2v) is 9.19. The van der Waals surface area contributed by atoms with Gasteiger partial charge in [0.25, 0.3) is 0 Å². The van der Waals surface area contributed by atoms with Gasteiger partial charge in [0.2, 0.25) is 15.9 Å². The molecule has 2 N–H and O–H groups in total. The molecule has 1 unspecified atom stereocenters. The van der Waals surface area contributed by atoms with Gasteiger partial charge in [0, 0.05) is 13.5 Å². The molecule has 1 aliphatic carbocycles. The van der Waals surface area contributed by atoms with Crippen molar-refractivity contribution in [3.63, 3.8) is 0 Å². The molecular formula is C19H21N3O3S2. The minimum absolute atomic E-state index is 0.00912. The van der Waals surface area contributed by atoms with Crippen molar-refractivity contribution >= 4 is 38.0 Å². The molecular weight excluding hydrogens is 382 g/mol. The highest BCUT2D eigenvalue weighted by atomic mass is 32.2. The van der Waals surface area contributed by atoms with Gasteiger partial charge in [0.1, 0.15) is 0 Å². The van der Waals surface area contributed by atoms with E-state index in [0.717, 1.165) is 28.9 Å². The number of benzene rings is 1. The Balaban J connectivity index is 1.65. The number of amides is 1. The SMILES string of the molecule is Cc1nc(N(C)C(=O)CC2C=CC(c3ccccc3)=CC2)sc1S(N)(=O)=O. The summed E-state index contributed by atoms with van der Waals surface area (Å²) in [5, 5.41) is 5.52. The summed E-state index contributed by atoms with van der Waals surface area (Å²) in [5.74, 6) is -0.0119. The number of rotatable bonds is 5. The van der Waals surface area contributed by atoms with Gasteiger partial charge in [-0.1, -0.05) is 59.9 Å². The van der Waals surface area contributed by atoms with Gasteiger partial charge in [-0.15, -0.1) is 0 Å². The van der Waals surface area contributed by atoms with Crippen LogP contribution in [-0.4, -0.2) is 26.4 Å². The Morgan fingerprint density at radius 1 is 1.33 bits per heavy atom. The van der Waals surface area contributed by atoms with Crippen LogP contribution >= 0.6 is 11.3 Å². The summed E-state index contributed by atoms with van der Waals surface area (Å²) in [6.07, 6.45) is 7.34. The molecule has 27 heavy (non-hydrogen) atoms. The van der Waals surface area contributed by atoms with Crippen LogP contribution in [0.5, 0.6) is 0 Å². The number of carbonyl (C=O) groups is 1. The molecule has 1 atom stereocenters. The van der Waals surface area contributed by atoms with Crippen LogP contribution in [0.4, 0.5) is 5.13 Å². The van der Waals surface area contributed by atoms with E-state index >= 15 is 0 Å². The third-order valence-electron chi connectivity index (χ3n) is 4.39. The second-order valence-electron chi connectivity index (χ2n) is 6.45. The smallest absolute Gasteiger partial charge is 0.249 e. The Hall–Kier alpha value is -2.29. The molecule has 1 aliphatic rings. The van der Waals surface area contributed by atoms with Gasteiger partial charge in [-0.2, -0.15) is 0 Å². The van der Waals surface area contributed by atoms with Crippen molar-refractivity contribution in [2.24, 2.45) is 11.1 Å². The number of hydrogen-bond acceptors (Lipinski definition) is 5. The molecule has 2 aromatic rings. The normalized spacial score (nSPS) is 16.9. The van der Waals surface area contributed by atoms with Crippen LogP contribution in [-0.2, 0) is 14.8 Å². The van der Waals surface area contributed by atoms with E-state index < -0.39 is 10.0 Å². The van der Waals surface area contributed by atoms with Crippen LogP contribution in [0.2, 0.25) is 0 Å². The molecule has 0 fully saturated rings. The lowest BCUT2D eigenvalue weighted by atomic mass is 9.91. The highest BCUT2D eigenvalue weighted by Gasteiger charge is 2.23. The summed E-state index contributed by atoms with van der Waals surface area (Å²) in [5.41, 5.74) is 2.62. The highest BCUT2D eigenvalue weighted by Crippen LogP contribution is 2.30. The van der Waals surface area contributed by atoms with Crippen LogP contribution < -0.4 is 10.0 Å². The van der Waals surface area contributed by atoms with E-state index in [9.17, 15) is 13.2 Å². The number of aromatic nitrogens is 1. The van der Waals surface area contributed by atoms with Crippen molar-refractivity contribution in [3.8, 4) is 0 Å². The van der Waals surface area contributed by atoms with Crippen LogP contribution in [0.15, 0.2) is 52.8 Å². The third kappa shape index (κ3) is 4.52. The quantitative estimate of drug-likeness (QED) is 0.830. The largest absolute Gasteiger partial charge is 0.291 e. The molecule has 0 saturated carbocycles. The fourth-order valence-electron chi connectivity index (χ4n) is 2.90. The Morgan fingerprint density at radius 2 is 2.04 bits per heavy atom. The number of hydrogen-bond donors (Lipinski definition) is 1. The van der Waals surface area contributed by atoms with Gasteiger partial charge in [0.05, 0.1) is 5.69 Å². The Bertz CT molecular complexity index is 1010. The fourth-order valence-corrected chi connectivity index (χ4v) is 4.83. The summed E-state index contributed by atoms with van der Waals surface area (Å²) in [4.78, 5) is 18.2. The fraction of sp³-hybridized carbons (Fsp3) is 0.263. The topological polar surface area (TPSA) is 93.4 Å². The van der Waals surface area contributed by atoms with E-state index in [1.807, 2.05) is 24.3 Å². The molecule has 6 nitrogen and oxygen atoms in total. The number of aryl methyl sites for hydroxylation is 1. The monoisotopic (exact) mass is 403 g/mol. The number of primary sulfonamides is 1. The number of thiazole rings is 1. The molecule has 1 aromatic carbocycles. The molecule has 0 spiro atoms. The zero-order valence-electron chi connectivity index (χ0n) is 15.1. The Labute approximate surface area is 163 Å². The number of carbonyl (C=O) groups excluding carboxylic acids is 1. The lowest BCUT2D eigenvalue weighted by molar-refractivity contribution is -0.118. The predicted molar refractivity (Wildman–Crippen MR) is 108 cm³/mol. The minimum Gasteiger partial charge on any atom is -0.291 e. The highest BCUT2D eigenvalue weighted by molar-refractivity contribution is 7.91. The van der Waals surface area contributed by atoms with Crippen molar-refractivity contribution in [2.75, 3.05) is 11.9 Å². The molecule has 3 rings (SSSR count). The molecule has 0 bridgehead atoms. The molecule has 8 heteroatoms. The van der Waals surface area contributed by atoms with Crippen molar-refractivity contribution in [3.05, 3.63) is 59.8 Å². The van der Waals surface area contributed by atoms with E-state index in [-0.39, 0.29) is 16.0 Å². The first-order valence-corrected chi connectivity index (χ1v) is 10.8. The summed E-state index contributed by atoms with van der Waals surface area (Å²) in [7, 11) is -2.23. The maximum atomic E-state index is 12.6. The van der Waals surface area contributed by atoms with Gasteiger partial charge in [-0.25, -0.2) is 18.5 Å². The molecule has 1 amide bonds. The van der Waals surface area contributed by atoms with Gasteiger partial charge in [-0.3, -0.25) is 9.69 Å². The maximum absolute atomic E-state index is 12.6.